The highest BCUT2D eigenvalue weighted by atomic mass is 32.1. The monoisotopic (exact) mass is 353 g/mol. The zero-order valence-corrected chi connectivity index (χ0v) is 14.1. The maximum atomic E-state index is 12.8. The molecule has 0 bridgehead atoms. The number of aromatic carboxylic acids is 1. The maximum absolute atomic E-state index is 12.8. The van der Waals surface area contributed by atoms with Gasteiger partial charge in [-0.1, -0.05) is 12.1 Å². The van der Waals surface area contributed by atoms with Gasteiger partial charge in [0, 0.05) is 4.88 Å². The molecule has 0 radical (unpaired) electrons. The summed E-state index contributed by atoms with van der Waals surface area (Å²) in [5, 5.41) is 13.8. The van der Waals surface area contributed by atoms with Crippen molar-refractivity contribution in [3.05, 3.63) is 62.5 Å². The van der Waals surface area contributed by atoms with Gasteiger partial charge in [-0.2, -0.15) is 9.78 Å². The molecule has 6 nitrogen and oxygen atoms in total. The topological polar surface area (TPSA) is 84.5 Å². The van der Waals surface area contributed by atoms with Crippen LogP contribution in [-0.2, 0) is 12.8 Å². The van der Waals surface area contributed by atoms with Gasteiger partial charge in [-0.15, -0.1) is 11.3 Å². The van der Waals surface area contributed by atoms with Crippen molar-refractivity contribution in [1.29, 1.82) is 0 Å². The molecule has 1 N–H and O–H groups in total. The summed E-state index contributed by atoms with van der Waals surface area (Å²) in [6.07, 6.45) is 7.19. The number of carbonyl (C=O) groups is 1. The number of rotatable bonds is 3. The smallest absolute Gasteiger partial charge is 0.335 e. The lowest BCUT2D eigenvalue weighted by Gasteiger charge is -2.09. The molecule has 0 unspecified atom stereocenters. The molecule has 0 saturated carbocycles. The van der Waals surface area contributed by atoms with Crippen LogP contribution < -0.4 is 5.56 Å². The molecule has 0 fully saturated rings. The lowest BCUT2D eigenvalue weighted by Crippen LogP contribution is -2.18. The lowest BCUT2D eigenvalue weighted by atomic mass is 9.97. The van der Waals surface area contributed by atoms with Crippen molar-refractivity contribution in [3.8, 4) is 0 Å². The summed E-state index contributed by atoms with van der Waals surface area (Å²) < 4.78 is 1.25. The van der Waals surface area contributed by atoms with Crippen molar-refractivity contribution in [3.63, 3.8) is 0 Å². The van der Waals surface area contributed by atoms with E-state index < -0.39 is 5.97 Å². The van der Waals surface area contributed by atoms with Crippen LogP contribution in [0.25, 0.3) is 10.2 Å². The number of aromatic nitrogens is 2. The molecular formula is C18H15N3O3S. The summed E-state index contributed by atoms with van der Waals surface area (Å²) in [6, 6.07) is 6.30. The van der Waals surface area contributed by atoms with Gasteiger partial charge < -0.3 is 5.11 Å². The van der Waals surface area contributed by atoms with E-state index in [4.69, 9.17) is 5.11 Å². The highest BCUT2D eigenvalue weighted by Crippen LogP contribution is 2.33. The summed E-state index contributed by atoms with van der Waals surface area (Å²) in [4.78, 5) is 30.1. The second kappa shape index (κ2) is 6.25. The van der Waals surface area contributed by atoms with Crippen LogP contribution in [0.1, 0.15) is 39.2 Å². The third kappa shape index (κ3) is 2.87. The fraction of sp³-hybridized carbons (Fsp3) is 0.222. The van der Waals surface area contributed by atoms with Gasteiger partial charge in [-0.05, 0) is 48.9 Å². The predicted molar refractivity (Wildman–Crippen MR) is 96.9 cm³/mol. The molecule has 0 amide bonds. The fourth-order valence-electron chi connectivity index (χ4n) is 3.06. The van der Waals surface area contributed by atoms with Gasteiger partial charge in [0.15, 0.2) is 0 Å². The van der Waals surface area contributed by atoms with Crippen LogP contribution in [0.3, 0.4) is 0 Å². The van der Waals surface area contributed by atoms with E-state index in [9.17, 15) is 9.59 Å². The third-order valence-electron chi connectivity index (χ3n) is 4.35. The summed E-state index contributed by atoms with van der Waals surface area (Å²) >= 11 is 1.61. The number of carboxylic acid groups (broad SMARTS) is 1. The average Bonchev–Trinajstić information content (AvgIpc) is 3.01. The first-order chi connectivity index (χ1) is 12.1. The van der Waals surface area contributed by atoms with Crippen molar-refractivity contribution < 1.29 is 9.90 Å². The number of thiophene rings is 1. The van der Waals surface area contributed by atoms with Gasteiger partial charge in [0.2, 0.25) is 0 Å². The van der Waals surface area contributed by atoms with E-state index >= 15 is 0 Å². The SMILES string of the molecule is O=C(O)c1ccc(/C=N/n2cnc3sc4c(c3c2=O)CCCC4)cc1. The Labute approximate surface area is 147 Å². The first kappa shape index (κ1) is 15.7. The first-order valence-electron chi connectivity index (χ1n) is 8.03. The van der Waals surface area contributed by atoms with Crippen LogP contribution in [0, 0.1) is 0 Å². The van der Waals surface area contributed by atoms with E-state index in [0.29, 0.717) is 10.9 Å². The fourth-order valence-corrected chi connectivity index (χ4v) is 4.28. The Morgan fingerprint density at radius 3 is 2.76 bits per heavy atom. The van der Waals surface area contributed by atoms with E-state index in [1.807, 2.05) is 0 Å². The molecule has 3 aromatic rings. The largest absolute Gasteiger partial charge is 0.478 e. The molecule has 1 aromatic carbocycles. The van der Waals surface area contributed by atoms with E-state index in [0.717, 1.165) is 29.7 Å². The molecule has 7 heteroatoms. The van der Waals surface area contributed by atoms with Gasteiger partial charge in [0.05, 0.1) is 17.2 Å². The Kier molecular flexibility index (Phi) is 3.93. The normalized spacial score (nSPS) is 14.1. The molecule has 0 aliphatic heterocycles. The minimum Gasteiger partial charge on any atom is -0.478 e. The van der Waals surface area contributed by atoms with Gasteiger partial charge >= 0.3 is 5.97 Å². The lowest BCUT2D eigenvalue weighted by molar-refractivity contribution is 0.0697. The number of hydrogen-bond donors (Lipinski definition) is 1. The number of fused-ring (bicyclic) bond motifs is 3. The van der Waals surface area contributed by atoms with Crippen LogP contribution in [0.5, 0.6) is 0 Å². The van der Waals surface area contributed by atoms with Crippen molar-refractivity contribution in [1.82, 2.24) is 9.66 Å². The van der Waals surface area contributed by atoms with E-state index in [-0.39, 0.29) is 11.1 Å². The van der Waals surface area contributed by atoms with Crippen molar-refractivity contribution in [2.24, 2.45) is 5.10 Å². The van der Waals surface area contributed by atoms with Crippen LogP contribution in [-0.4, -0.2) is 27.0 Å². The third-order valence-corrected chi connectivity index (χ3v) is 5.55. The first-order valence-corrected chi connectivity index (χ1v) is 8.85. The molecule has 0 spiro atoms. The standard InChI is InChI=1S/C18H15N3O3S/c22-17-15-13-3-1-2-4-14(13)25-16(15)19-10-21(17)20-9-11-5-7-12(8-6-11)18(23)24/h5-10H,1-4H2,(H,23,24)/b20-9+. The number of aryl methyl sites for hydroxylation is 2. The second-order valence-corrected chi connectivity index (χ2v) is 7.04. The summed E-state index contributed by atoms with van der Waals surface area (Å²) in [5.74, 6) is -0.975. The highest BCUT2D eigenvalue weighted by Gasteiger charge is 2.19. The van der Waals surface area contributed by atoms with E-state index in [2.05, 4.69) is 10.1 Å². The second-order valence-electron chi connectivity index (χ2n) is 5.96. The highest BCUT2D eigenvalue weighted by molar-refractivity contribution is 7.18. The van der Waals surface area contributed by atoms with Crippen LogP contribution in [0.2, 0.25) is 0 Å². The summed E-state index contributed by atoms with van der Waals surface area (Å²) in [5.41, 5.74) is 1.91. The minimum absolute atomic E-state index is 0.150. The molecule has 1 aliphatic carbocycles. The Bertz CT molecular complexity index is 1050. The summed E-state index contributed by atoms with van der Waals surface area (Å²) in [6.45, 7) is 0. The molecule has 2 heterocycles. The Hall–Kier alpha value is -2.80. The van der Waals surface area contributed by atoms with E-state index in [1.54, 1.807) is 23.5 Å². The zero-order valence-electron chi connectivity index (χ0n) is 13.3. The van der Waals surface area contributed by atoms with Crippen LogP contribution >= 0.6 is 11.3 Å². The molecule has 1 aliphatic rings. The number of benzene rings is 1. The predicted octanol–water partition coefficient (Wildman–Crippen LogP) is 2.92. The molecule has 0 saturated heterocycles. The number of carboxylic acids is 1. The molecule has 25 heavy (non-hydrogen) atoms. The van der Waals surface area contributed by atoms with Crippen molar-refractivity contribution in [2.45, 2.75) is 25.7 Å². The molecule has 0 atom stereocenters. The molecular weight excluding hydrogens is 338 g/mol. The molecule has 2 aromatic heterocycles. The maximum Gasteiger partial charge on any atom is 0.335 e. The van der Waals surface area contributed by atoms with Gasteiger partial charge in [-0.3, -0.25) is 4.79 Å². The van der Waals surface area contributed by atoms with Crippen LogP contribution in [0.15, 0.2) is 40.5 Å². The number of hydrogen-bond acceptors (Lipinski definition) is 5. The van der Waals surface area contributed by atoms with Gasteiger partial charge in [-0.25, -0.2) is 9.78 Å². The average molecular weight is 353 g/mol. The summed E-state index contributed by atoms with van der Waals surface area (Å²) in [7, 11) is 0. The molecule has 4 rings (SSSR count). The Balaban J connectivity index is 1.70. The number of nitrogens with zero attached hydrogens (tertiary/aromatic N) is 3. The quantitative estimate of drug-likeness (QED) is 0.734. The minimum atomic E-state index is -0.975. The van der Waals surface area contributed by atoms with Gasteiger partial charge in [0.25, 0.3) is 5.56 Å². The zero-order chi connectivity index (χ0) is 17.4. The Morgan fingerprint density at radius 2 is 2.00 bits per heavy atom. The van der Waals surface area contributed by atoms with Gasteiger partial charge in [0.1, 0.15) is 11.2 Å². The van der Waals surface area contributed by atoms with Crippen molar-refractivity contribution >= 4 is 33.7 Å². The Morgan fingerprint density at radius 1 is 1.24 bits per heavy atom. The van der Waals surface area contributed by atoms with Crippen molar-refractivity contribution in [2.75, 3.05) is 0 Å². The van der Waals surface area contributed by atoms with Crippen LogP contribution in [0.4, 0.5) is 0 Å². The molecule has 126 valence electrons. The van der Waals surface area contributed by atoms with E-state index in [1.165, 1.54) is 40.6 Å².